The largest absolute Gasteiger partial charge is 0.363 e. The highest BCUT2D eigenvalue weighted by molar-refractivity contribution is 5.83. The number of hydrogen-bond donors (Lipinski definition) is 1. The molecule has 0 bridgehead atoms. The van der Waals surface area contributed by atoms with Gasteiger partial charge in [0.2, 0.25) is 0 Å². The summed E-state index contributed by atoms with van der Waals surface area (Å²) in [4.78, 5) is 16.9. The van der Waals surface area contributed by atoms with Crippen molar-refractivity contribution in [2.75, 3.05) is 13.2 Å². The second kappa shape index (κ2) is 9.34. The van der Waals surface area contributed by atoms with E-state index < -0.39 is 6.10 Å². The second-order valence-corrected chi connectivity index (χ2v) is 7.86. The lowest BCUT2D eigenvalue weighted by atomic mass is 9.97. The summed E-state index contributed by atoms with van der Waals surface area (Å²) in [5.74, 6) is -0.456. The van der Waals surface area contributed by atoms with Crippen LogP contribution in [0.3, 0.4) is 0 Å². The Labute approximate surface area is 191 Å². The van der Waals surface area contributed by atoms with Crippen LogP contribution in [0.25, 0.3) is 22.4 Å². The zero-order chi connectivity index (χ0) is 22.6. The third-order valence-corrected chi connectivity index (χ3v) is 5.80. The summed E-state index contributed by atoms with van der Waals surface area (Å²) in [6.45, 7) is 1.36. The zero-order valence-corrected chi connectivity index (χ0v) is 17.9. The van der Waals surface area contributed by atoms with Crippen molar-refractivity contribution in [3.63, 3.8) is 0 Å². The van der Waals surface area contributed by atoms with Gasteiger partial charge >= 0.3 is 0 Å². The summed E-state index contributed by atoms with van der Waals surface area (Å²) in [6, 6.07) is 18.0. The highest BCUT2D eigenvalue weighted by Crippen LogP contribution is 2.32. The summed E-state index contributed by atoms with van der Waals surface area (Å²) in [6.07, 6.45) is 5.45. The molecule has 1 N–H and O–H groups in total. The average Bonchev–Trinajstić information content (AvgIpc) is 3.28. The van der Waals surface area contributed by atoms with Gasteiger partial charge in [-0.15, -0.1) is 0 Å². The zero-order valence-electron chi connectivity index (χ0n) is 17.9. The first-order chi connectivity index (χ1) is 16.2. The van der Waals surface area contributed by atoms with Crippen LogP contribution >= 0.6 is 0 Å². The first-order valence-corrected chi connectivity index (χ1v) is 10.9. The minimum atomic E-state index is -0.600. The molecule has 0 unspecified atom stereocenters. The Balaban J connectivity index is 1.35. The van der Waals surface area contributed by atoms with E-state index in [0.29, 0.717) is 19.7 Å². The Morgan fingerprint density at radius 3 is 2.67 bits per heavy atom. The molecule has 7 heteroatoms. The molecule has 0 spiro atoms. The van der Waals surface area contributed by atoms with Crippen molar-refractivity contribution < 1.29 is 13.9 Å². The monoisotopic (exact) mass is 442 g/mol. The molecule has 6 nitrogen and oxygen atoms in total. The lowest BCUT2D eigenvalue weighted by Gasteiger charge is -2.25. The Morgan fingerprint density at radius 1 is 1.06 bits per heavy atom. The van der Waals surface area contributed by atoms with Crippen LogP contribution in [0.2, 0.25) is 0 Å². The number of nitrogens with one attached hydrogen (secondary N) is 1. The first kappa shape index (κ1) is 21.0. The lowest BCUT2D eigenvalue weighted by Crippen LogP contribution is -2.35. The lowest BCUT2D eigenvalue weighted by molar-refractivity contribution is -0.134. The van der Waals surface area contributed by atoms with Crippen LogP contribution in [0.1, 0.15) is 17.2 Å². The molecule has 166 valence electrons. The van der Waals surface area contributed by atoms with E-state index in [-0.39, 0.29) is 11.7 Å². The molecule has 1 amide bonds. The molecule has 0 saturated heterocycles. The molecule has 0 fully saturated rings. The van der Waals surface area contributed by atoms with Crippen molar-refractivity contribution in [1.82, 2.24) is 20.1 Å². The molecule has 2 aromatic carbocycles. The number of rotatable bonds is 6. The van der Waals surface area contributed by atoms with Crippen LogP contribution in [-0.2, 0) is 22.5 Å². The van der Waals surface area contributed by atoms with E-state index in [2.05, 4.69) is 15.4 Å². The van der Waals surface area contributed by atoms with Gasteiger partial charge in [-0.25, -0.2) is 4.39 Å². The van der Waals surface area contributed by atoms with Crippen molar-refractivity contribution in [2.24, 2.45) is 0 Å². The standard InChI is InChI=1S/C26H23FN4O2/c27-21-7-5-20(6-8-21)24-23(19-9-12-28-13-10-19)17-30-31(24)15-14-29-26(32)25-22-4-2-1-3-18(22)11-16-33-25/h1-10,12-13,17,25H,11,14-16H2,(H,29,32)/t25-/m1/s1. The maximum absolute atomic E-state index is 13.5. The summed E-state index contributed by atoms with van der Waals surface area (Å²) in [5.41, 5.74) is 5.65. The number of benzene rings is 2. The van der Waals surface area contributed by atoms with Crippen LogP contribution in [0.15, 0.2) is 79.3 Å². The molecule has 33 heavy (non-hydrogen) atoms. The third kappa shape index (κ3) is 4.40. The number of carbonyl (C=O) groups excluding carboxylic acids is 1. The van der Waals surface area contributed by atoms with Gasteiger partial charge in [0, 0.05) is 30.1 Å². The van der Waals surface area contributed by atoms with Gasteiger partial charge in [0.1, 0.15) is 5.82 Å². The fourth-order valence-corrected chi connectivity index (χ4v) is 4.20. The number of fused-ring (bicyclic) bond motifs is 1. The van der Waals surface area contributed by atoms with E-state index in [4.69, 9.17) is 4.74 Å². The topological polar surface area (TPSA) is 69.0 Å². The van der Waals surface area contributed by atoms with Gasteiger partial charge < -0.3 is 10.1 Å². The molecule has 1 atom stereocenters. The van der Waals surface area contributed by atoms with Gasteiger partial charge in [-0.1, -0.05) is 24.3 Å². The number of hydrogen-bond acceptors (Lipinski definition) is 4. The van der Waals surface area contributed by atoms with Crippen molar-refractivity contribution in [3.8, 4) is 22.4 Å². The van der Waals surface area contributed by atoms with E-state index in [1.54, 1.807) is 30.7 Å². The molecular formula is C26H23FN4O2. The van der Waals surface area contributed by atoms with E-state index >= 15 is 0 Å². The quantitative estimate of drug-likeness (QED) is 0.486. The Kier molecular flexibility index (Phi) is 5.95. The van der Waals surface area contributed by atoms with E-state index in [1.165, 1.54) is 12.1 Å². The van der Waals surface area contributed by atoms with Crippen molar-refractivity contribution >= 4 is 5.91 Å². The van der Waals surface area contributed by atoms with Gasteiger partial charge in [-0.05, 0) is 59.5 Å². The summed E-state index contributed by atoms with van der Waals surface area (Å²) in [5, 5.41) is 7.54. The van der Waals surface area contributed by atoms with Crippen molar-refractivity contribution in [1.29, 1.82) is 0 Å². The number of pyridine rings is 1. The van der Waals surface area contributed by atoms with Crippen molar-refractivity contribution in [2.45, 2.75) is 19.1 Å². The van der Waals surface area contributed by atoms with E-state index in [9.17, 15) is 9.18 Å². The van der Waals surface area contributed by atoms with Crippen LogP contribution in [0, 0.1) is 5.82 Å². The highest BCUT2D eigenvalue weighted by Gasteiger charge is 2.27. The number of halogens is 1. The number of amides is 1. The third-order valence-electron chi connectivity index (χ3n) is 5.80. The molecule has 2 aromatic heterocycles. The second-order valence-electron chi connectivity index (χ2n) is 7.86. The SMILES string of the molecule is O=C(NCCn1ncc(-c2ccncc2)c1-c1ccc(F)cc1)[C@@H]1OCCc2ccccc21. The summed E-state index contributed by atoms with van der Waals surface area (Å²) < 4.78 is 21.1. The van der Waals surface area contributed by atoms with Crippen LogP contribution in [0.5, 0.6) is 0 Å². The normalized spacial score (nSPS) is 15.1. The Morgan fingerprint density at radius 2 is 1.85 bits per heavy atom. The Hall–Kier alpha value is -3.84. The molecule has 5 rings (SSSR count). The molecular weight excluding hydrogens is 419 g/mol. The van der Waals surface area contributed by atoms with Gasteiger partial charge in [-0.2, -0.15) is 5.10 Å². The number of aromatic nitrogens is 3. The number of ether oxygens (including phenoxy) is 1. The van der Waals surface area contributed by atoms with Gasteiger partial charge in [0.25, 0.3) is 5.91 Å². The van der Waals surface area contributed by atoms with Gasteiger partial charge in [0.05, 0.1) is 25.0 Å². The molecule has 1 aliphatic rings. The fraction of sp³-hybridized carbons (Fsp3) is 0.192. The first-order valence-electron chi connectivity index (χ1n) is 10.9. The highest BCUT2D eigenvalue weighted by atomic mass is 19.1. The van der Waals surface area contributed by atoms with E-state index in [1.807, 2.05) is 41.1 Å². The number of carbonyl (C=O) groups is 1. The molecule has 4 aromatic rings. The maximum Gasteiger partial charge on any atom is 0.253 e. The maximum atomic E-state index is 13.5. The minimum Gasteiger partial charge on any atom is -0.363 e. The average molecular weight is 442 g/mol. The van der Waals surface area contributed by atoms with Crippen LogP contribution in [-0.4, -0.2) is 33.8 Å². The summed E-state index contributed by atoms with van der Waals surface area (Å²) >= 11 is 0. The predicted molar refractivity (Wildman–Crippen MR) is 123 cm³/mol. The van der Waals surface area contributed by atoms with Gasteiger partial charge in [-0.3, -0.25) is 14.5 Å². The van der Waals surface area contributed by atoms with E-state index in [0.717, 1.165) is 39.9 Å². The predicted octanol–water partition coefficient (Wildman–Crippen LogP) is 4.18. The van der Waals surface area contributed by atoms with Gasteiger partial charge in [0.15, 0.2) is 6.10 Å². The molecule has 0 radical (unpaired) electrons. The molecule has 3 heterocycles. The summed E-state index contributed by atoms with van der Waals surface area (Å²) in [7, 11) is 0. The molecule has 1 aliphatic heterocycles. The minimum absolute atomic E-state index is 0.160. The van der Waals surface area contributed by atoms with Crippen molar-refractivity contribution in [3.05, 3.63) is 96.2 Å². The molecule has 0 aliphatic carbocycles. The number of nitrogens with zero attached hydrogens (tertiary/aromatic N) is 3. The van der Waals surface area contributed by atoms with Crippen LogP contribution in [0.4, 0.5) is 4.39 Å². The van der Waals surface area contributed by atoms with Crippen LogP contribution < -0.4 is 5.32 Å². The molecule has 0 saturated carbocycles. The smallest absolute Gasteiger partial charge is 0.253 e. The fourth-order valence-electron chi connectivity index (χ4n) is 4.20. The Bertz CT molecular complexity index is 1260.